The predicted octanol–water partition coefficient (Wildman–Crippen LogP) is -0.302. The van der Waals surface area contributed by atoms with Gasteiger partial charge in [-0.25, -0.2) is 18.7 Å². The van der Waals surface area contributed by atoms with Gasteiger partial charge in [0.05, 0.1) is 10.5 Å². The molecule has 0 saturated carbocycles. The summed E-state index contributed by atoms with van der Waals surface area (Å²) in [6, 6.07) is 2.65. The average molecular weight is 412 g/mol. The Bertz CT molecular complexity index is 674. The Kier molecular flexibility index (Phi) is 4.27. The van der Waals surface area contributed by atoms with E-state index in [0.717, 1.165) is 6.07 Å². The molecule has 0 aliphatic carbocycles. The Morgan fingerprint density at radius 2 is 2.20 bits per heavy atom. The third-order valence-electron chi connectivity index (χ3n) is 2.52. The average Bonchev–Trinajstić information content (AvgIpc) is 2.74. The van der Waals surface area contributed by atoms with E-state index in [-0.39, 0.29) is 17.1 Å². The molecule has 10 heteroatoms. The van der Waals surface area contributed by atoms with E-state index in [0.29, 0.717) is 3.57 Å². The first-order chi connectivity index (χ1) is 9.31. The summed E-state index contributed by atoms with van der Waals surface area (Å²) in [6.07, 6.45) is 0. The zero-order valence-corrected chi connectivity index (χ0v) is 12.8. The van der Waals surface area contributed by atoms with Gasteiger partial charge in [0.2, 0.25) is 10.0 Å². The number of carbonyl (C=O) groups excluding carboxylic acids is 1. The maximum atomic E-state index is 12.1. The molecule has 1 saturated heterocycles. The summed E-state index contributed by atoms with van der Waals surface area (Å²) in [7, 11) is -4.01. The summed E-state index contributed by atoms with van der Waals surface area (Å²) >= 11 is 1.79. The first-order valence-corrected chi connectivity index (χ1v) is 7.84. The molecule has 1 aliphatic rings. The van der Waals surface area contributed by atoms with Crippen molar-refractivity contribution in [1.82, 2.24) is 10.2 Å². The minimum atomic E-state index is -4.01. The first kappa shape index (κ1) is 15.2. The molecule has 1 aromatic carbocycles. The molecule has 108 valence electrons. The molecule has 0 aromatic heterocycles. The fourth-order valence-corrected chi connectivity index (χ4v) is 3.29. The number of hydrogen-bond donors (Lipinski definition) is 3. The Morgan fingerprint density at radius 1 is 1.50 bits per heavy atom. The van der Waals surface area contributed by atoms with Crippen LogP contribution in [0.4, 0.5) is 0 Å². The number of nitrogens with one attached hydrogen (secondary N) is 2. The molecule has 1 atom stereocenters. The lowest BCUT2D eigenvalue weighted by atomic mass is 10.2. The number of aromatic carboxylic acids is 1. The van der Waals surface area contributed by atoms with Crippen LogP contribution in [-0.4, -0.2) is 38.0 Å². The van der Waals surface area contributed by atoms with Gasteiger partial charge in [-0.05, 0) is 40.8 Å². The number of hydrogen-bond acceptors (Lipinski definition) is 5. The van der Waals surface area contributed by atoms with Crippen LogP contribution in [0.15, 0.2) is 23.1 Å². The van der Waals surface area contributed by atoms with Gasteiger partial charge in [-0.2, -0.15) is 4.72 Å². The maximum Gasteiger partial charge on any atom is 0.336 e. The van der Waals surface area contributed by atoms with Crippen LogP contribution in [0.25, 0.3) is 0 Å². The highest BCUT2D eigenvalue weighted by atomic mass is 127. The number of amides is 1. The lowest BCUT2D eigenvalue weighted by Crippen LogP contribution is -2.41. The third kappa shape index (κ3) is 3.08. The van der Waals surface area contributed by atoms with Crippen LogP contribution >= 0.6 is 22.6 Å². The van der Waals surface area contributed by atoms with Crippen molar-refractivity contribution in [2.75, 3.05) is 6.61 Å². The van der Waals surface area contributed by atoms with Gasteiger partial charge in [0.25, 0.3) is 5.91 Å². The largest absolute Gasteiger partial charge is 0.478 e. The van der Waals surface area contributed by atoms with Crippen LogP contribution in [0.3, 0.4) is 0 Å². The van der Waals surface area contributed by atoms with Gasteiger partial charge >= 0.3 is 5.97 Å². The number of carboxylic acid groups (broad SMARTS) is 1. The first-order valence-electron chi connectivity index (χ1n) is 5.28. The van der Waals surface area contributed by atoms with Gasteiger partial charge in [0.1, 0.15) is 12.6 Å². The number of rotatable bonds is 4. The number of carboxylic acids is 1. The molecule has 1 heterocycles. The number of hydroxylamine groups is 1. The van der Waals surface area contributed by atoms with E-state index >= 15 is 0 Å². The molecule has 3 N–H and O–H groups in total. The van der Waals surface area contributed by atoms with E-state index < -0.39 is 27.9 Å². The maximum absolute atomic E-state index is 12.1. The standard InChI is InChI=1S/C10H9IN2O6S/c11-7-2-1-5(3-6(7)10(15)16)20(17,18)13-8-4-19-12-9(8)14/h1-3,8,13H,4H2,(H,12,14)(H,15,16)/t8-/m1/s1. The van der Waals surface area contributed by atoms with Crippen molar-refractivity contribution in [2.24, 2.45) is 0 Å². The zero-order valence-electron chi connectivity index (χ0n) is 9.79. The second-order valence-electron chi connectivity index (χ2n) is 3.90. The zero-order chi connectivity index (χ0) is 14.9. The molecule has 1 aliphatic heterocycles. The molecule has 20 heavy (non-hydrogen) atoms. The Morgan fingerprint density at radius 3 is 2.75 bits per heavy atom. The molecule has 8 nitrogen and oxygen atoms in total. The molecule has 2 rings (SSSR count). The normalized spacial score (nSPS) is 18.9. The number of halogens is 1. The van der Waals surface area contributed by atoms with E-state index in [1.165, 1.54) is 12.1 Å². The van der Waals surface area contributed by atoms with E-state index in [1.807, 2.05) is 5.48 Å². The summed E-state index contributed by atoms with van der Waals surface area (Å²) in [5, 5.41) is 8.98. The Balaban J connectivity index is 2.32. The fraction of sp³-hybridized carbons (Fsp3) is 0.200. The highest BCUT2D eigenvalue weighted by molar-refractivity contribution is 14.1. The molecule has 1 amide bonds. The number of sulfonamides is 1. The lowest BCUT2D eigenvalue weighted by Gasteiger charge is -2.10. The smallest absolute Gasteiger partial charge is 0.336 e. The lowest BCUT2D eigenvalue weighted by molar-refractivity contribution is -0.124. The Labute approximate surface area is 127 Å². The molecule has 0 unspecified atom stereocenters. The summed E-state index contributed by atoms with van der Waals surface area (Å²) in [4.78, 5) is 26.6. The van der Waals surface area contributed by atoms with Crippen molar-refractivity contribution in [1.29, 1.82) is 0 Å². The van der Waals surface area contributed by atoms with E-state index in [4.69, 9.17) is 5.11 Å². The van der Waals surface area contributed by atoms with Crippen molar-refractivity contribution in [3.05, 3.63) is 27.3 Å². The van der Waals surface area contributed by atoms with Crippen molar-refractivity contribution >= 4 is 44.5 Å². The highest BCUT2D eigenvalue weighted by Gasteiger charge is 2.31. The molecular weight excluding hydrogens is 403 g/mol. The summed E-state index contributed by atoms with van der Waals surface area (Å²) in [6.45, 7) is -0.131. The molecule has 1 fully saturated rings. The van der Waals surface area contributed by atoms with Crippen LogP contribution in [0.1, 0.15) is 10.4 Å². The van der Waals surface area contributed by atoms with Crippen molar-refractivity contribution in [2.45, 2.75) is 10.9 Å². The van der Waals surface area contributed by atoms with Crippen LogP contribution in [0.5, 0.6) is 0 Å². The quantitative estimate of drug-likeness (QED) is 0.584. The Hall–Kier alpha value is -1.24. The van der Waals surface area contributed by atoms with Crippen LogP contribution < -0.4 is 10.2 Å². The SMILES string of the molecule is O=C(O)c1cc(S(=O)(=O)N[C@@H]2CONC2=O)ccc1I. The highest BCUT2D eigenvalue weighted by Crippen LogP contribution is 2.18. The second-order valence-corrected chi connectivity index (χ2v) is 6.77. The van der Waals surface area contributed by atoms with Crippen LogP contribution in [0.2, 0.25) is 0 Å². The van der Waals surface area contributed by atoms with Crippen LogP contribution in [-0.2, 0) is 19.7 Å². The van der Waals surface area contributed by atoms with Gasteiger partial charge in [-0.3, -0.25) is 9.63 Å². The van der Waals surface area contributed by atoms with Gasteiger partial charge < -0.3 is 5.11 Å². The fourth-order valence-electron chi connectivity index (χ4n) is 1.52. The number of carbonyl (C=O) groups is 2. The molecule has 1 aromatic rings. The molecule has 0 radical (unpaired) electrons. The predicted molar refractivity (Wildman–Crippen MR) is 74.3 cm³/mol. The molecule has 0 spiro atoms. The van der Waals surface area contributed by atoms with Gasteiger partial charge in [-0.15, -0.1) is 0 Å². The summed E-state index contributed by atoms with van der Waals surface area (Å²) in [5.41, 5.74) is 1.90. The van der Waals surface area contributed by atoms with Crippen LogP contribution in [0, 0.1) is 3.57 Å². The van der Waals surface area contributed by atoms with Crippen molar-refractivity contribution in [3.63, 3.8) is 0 Å². The monoisotopic (exact) mass is 412 g/mol. The summed E-state index contributed by atoms with van der Waals surface area (Å²) in [5.74, 6) is -1.83. The van der Waals surface area contributed by atoms with E-state index in [9.17, 15) is 18.0 Å². The molecular formula is C10H9IN2O6S. The van der Waals surface area contributed by atoms with Gasteiger partial charge in [0.15, 0.2) is 0 Å². The minimum Gasteiger partial charge on any atom is -0.478 e. The third-order valence-corrected chi connectivity index (χ3v) is 4.93. The molecule has 0 bridgehead atoms. The van der Waals surface area contributed by atoms with E-state index in [1.54, 1.807) is 22.6 Å². The van der Waals surface area contributed by atoms with Gasteiger partial charge in [-0.1, -0.05) is 0 Å². The van der Waals surface area contributed by atoms with E-state index in [2.05, 4.69) is 9.56 Å². The minimum absolute atomic E-state index is 0.124. The second kappa shape index (κ2) is 5.63. The topological polar surface area (TPSA) is 122 Å². The number of benzene rings is 1. The summed E-state index contributed by atoms with van der Waals surface area (Å²) < 4.78 is 26.7. The van der Waals surface area contributed by atoms with Gasteiger partial charge in [0, 0.05) is 3.57 Å². The van der Waals surface area contributed by atoms with Crippen molar-refractivity contribution in [3.8, 4) is 0 Å². The van der Waals surface area contributed by atoms with Crippen molar-refractivity contribution < 1.29 is 28.0 Å².